The van der Waals surface area contributed by atoms with Gasteiger partial charge in [-0.05, 0) is 142 Å². The molecule has 2 atom stereocenters. The van der Waals surface area contributed by atoms with Gasteiger partial charge in [-0.25, -0.2) is 0 Å². The quantitative estimate of drug-likeness (QED) is 0.119. The molecular formula is C47H50N2. The van der Waals surface area contributed by atoms with Gasteiger partial charge >= 0.3 is 0 Å². The maximum absolute atomic E-state index is 4.62. The Morgan fingerprint density at radius 2 is 1.63 bits per heavy atom. The van der Waals surface area contributed by atoms with E-state index in [0.29, 0.717) is 11.8 Å². The van der Waals surface area contributed by atoms with Crippen molar-refractivity contribution >= 4 is 44.6 Å². The third-order valence-electron chi connectivity index (χ3n) is 10.3. The SMILES string of the molecule is C=C\C=C(/C=C/C(Nc1ccc2cc3ccccc3cc2c1)=c1/cc2c(c/c1=C/C)C(C)(C)C(C)/C=C\CCC2=C)NC1=C[C@H](C)CC=C1. The third-order valence-corrected chi connectivity index (χ3v) is 10.3. The van der Waals surface area contributed by atoms with E-state index >= 15 is 0 Å². The van der Waals surface area contributed by atoms with Crippen LogP contribution in [0.4, 0.5) is 5.69 Å². The van der Waals surface area contributed by atoms with Crippen molar-refractivity contribution < 1.29 is 0 Å². The maximum atomic E-state index is 4.62. The van der Waals surface area contributed by atoms with Crippen LogP contribution in [0.3, 0.4) is 0 Å². The maximum Gasteiger partial charge on any atom is 0.0464 e. The molecule has 2 aliphatic rings. The molecule has 0 spiro atoms. The van der Waals surface area contributed by atoms with E-state index in [-0.39, 0.29) is 5.41 Å². The lowest BCUT2D eigenvalue weighted by Gasteiger charge is -2.33. The van der Waals surface area contributed by atoms with Gasteiger partial charge < -0.3 is 10.6 Å². The monoisotopic (exact) mass is 642 g/mol. The molecule has 49 heavy (non-hydrogen) atoms. The summed E-state index contributed by atoms with van der Waals surface area (Å²) in [6.07, 6.45) is 24.9. The summed E-state index contributed by atoms with van der Waals surface area (Å²) in [5.74, 6) is 0.896. The van der Waals surface area contributed by atoms with Crippen molar-refractivity contribution in [1.29, 1.82) is 0 Å². The fourth-order valence-corrected chi connectivity index (χ4v) is 6.99. The molecule has 0 bridgehead atoms. The molecule has 0 fully saturated rings. The molecular weight excluding hydrogens is 593 g/mol. The number of hydrogen-bond donors (Lipinski definition) is 2. The number of anilines is 1. The zero-order valence-electron chi connectivity index (χ0n) is 29.8. The van der Waals surface area contributed by atoms with Gasteiger partial charge in [0.15, 0.2) is 0 Å². The van der Waals surface area contributed by atoms with E-state index in [1.54, 1.807) is 0 Å². The Morgan fingerprint density at radius 1 is 0.878 bits per heavy atom. The normalized spacial score (nSPS) is 21.1. The number of hydrogen-bond acceptors (Lipinski definition) is 2. The van der Waals surface area contributed by atoms with Crippen LogP contribution in [-0.4, -0.2) is 0 Å². The second-order valence-electron chi connectivity index (χ2n) is 14.2. The van der Waals surface area contributed by atoms with Gasteiger partial charge in [-0.15, -0.1) is 0 Å². The molecule has 0 saturated heterocycles. The molecule has 6 rings (SSSR count). The van der Waals surface area contributed by atoms with Gasteiger partial charge in [-0.3, -0.25) is 0 Å². The molecule has 2 aliphatic carbocycles. The summed E-state index contributed by atoms with van der Waals surface area (Å²) in [6, 6.07) is 24.6. The zero-order chi connectivity index (χ0) is 34.5. The minimum absolute atomic E-state index is 0.0535. The Hall–Kier alpha value is -5.08. The van der Waals surface area contributed by atoms with Gasteiger partial charge in [-0.2, -0.15) is 0 Å². The van der Waals surface area contributed by atoms with E-state index in [2.05, 4.69) is 174 Å². The highest BCUT2D eigenvalue weighted by molar-refractivity contribution is 5.99. The number of benzene rings is 4. The summed E-state index contributed by atoms with van der Waals surface area (Å²) >= 11 is 0. The van der Waals surface area contributed by atoms with Gasteiger partial charge in [0.25, 0.3) is 0 Å². The van der Waals surface area contributed by atoms with Crippen LogP contribution in [0.25, 0.3) is 38.9 Å². The molecule has 0 saturated carbocycles. The zero-order valence-corrected chi connectivity index (χ0v) is 29.8. The largest absolute Gasteiger partial charge is 0.356 e. The summed E-state index contributed by atoms with van der Waals surface area (Å²) in [5, 5.41) is 14.8. The van der Waals surface area contributed by atoms with E-state index in [0.717, 1.165) is 47.3 Å². The molecule has 1 unspecified atom stereocenters. The summed E-state index contributed by atoms with van der Waals surface area (Å²) in [4.78, 5) is 0. The van der Waals surface area contributed by atoms with Crippen LogP contribution in [0.15, 0.2) is 146 Å². The molecule has 0 heterocycles. The molecule has 4 aromatic rings. The van der Waals surface area contributed by atoms with Crippen LogP contribution < -0.4 is 21.1 Å². The first-order valence-corrected chi connectivity index (χ1v) is 17.7. The van der Waals surface area contributed by atoms with Crippen LogP contribution >= 0.6 is 0 Å². The molecule has 248 valence electrons. The highest BCUT2D eigenvalue weighted by Crippen LogP contribution is 2.38. The van der Waals surface area contributed by atoms with Crippen LogP contribution in [0, 0.1) is 11.8 Å². The first kappa shape index (κ1) is 33.8. The molecule has 4 aromatic carbocycles. The summed E-state index contributed by atoms with van der Waals surface area (Å²) in [6.45, 7) is 20.1. The van der Waals surface area contributed by atoms with Crippen molar-refractivity contribution in [2.75, 3.05) is 5.32 Å². The number of rotatable bonds is 7. The first-order chi connectivity index (χ1) is 23.7. The summed E-state index contributed by atoms with van der Waals surface area (Å²) in [7, 11) is 0. The standard InChI is InChI=1S/C47H50N2/c1-8-15-40(48-41-21-14-16-32(3)26-41)24-25-46(49-42-23-22-38-27-36-19-12-13-20-37(36)28-39(38)29-42)44-31-43-33(4)17-10-11-18-34(5)47(6,7)45(43)30-35(44)9-2/h8-9,11-15,18-32,34,48-49H,1,4,10,16-17H2,2-3,5-7H3/b18-11-,25-24+,35-9-,40-15+,46-44+/t32-,34?/m1/s1. The average Bonchev–Trinajstić information content (AvgIpc) is 3.13. The predicted molar refractivity (Wildman–Crippen MR) is 215 cm³/mol. The first-order valence-electron chi connectivity index (χ1n) is 17.7. The summed E-state index contributed by atoms with van der Waals surface area (Å²) < 4.78 is 0. The lowest BCUT2D eigenvalue weighted by molar-refractivity contribution is 0.408. The minimum Gasteiger partial charge on any atom is -0.356 e. The van der Waals surface area contributed by atoms with Crippen LogP contribution in [0.1, 0.15) is 65.0 Å². The van der Waals surface area contributed by atoms with Crippen molar-refractivity contribution in [2.24, 2.45) is 11.8 Å². The van der Waals surface area contributed by atoms with Crippen molar-refractivity contribution in [2.45, 2.75) is 59.3 Å². The Morgan fingerprint density at radius 3 is 2.37 bits per heavy atom. The Kier molecular flexibility index (Phi) is 10.1. The van der Waals surface area contributed by atoms with Gasteiger partial charge in [0.1, 0.15) is 0 Å². The summed E-state index contributed by atoms with van der Waals surface area (Å²) in [5.41, 5.74) is 7.88. The van der Waals surface area contributed by atoms with Crippen LogP contribution in [0.5, 0.6) is 0 Å². The lowest BCUT2D eigenvalue weighted by Crippen LogP contribution is -2.35. The molecule has 2 N–H and O–H groups in total. The fourth-order valence-electron chi connectivity index (χ4n) is 6.99. The van der Waals surface area contributed by atoms with Crippen molar-refractivity contribution in [3.63, 3.8) is 0 Å². The van der Waals surface area contributed by atoms with E-state index in [1.165, 1.54) is 43.5 Å². The Labute approximate surface area is 293 Å². The Bertz CT molecular complexity index is 2200. The van der Waals surface area contributed by atoms with Crippen molar-refractivity contribution in [3.8, 4) is 0 Å². The van der Waals surface area contributed by atoms with E-state index in [4.69, 9.17) is 0 Å². The molecule has 0 amide bonds. The van der Waals surface area contributed by atoms with E-state index < -0.39 is 0 Å². The van der Waals surface area contributed by atoms with E-state index in [9.17, 15) is 0 Å². The second-order valence-corrected chi connectivity index (χ2v) is 14.2. The molecule has 0 radical (unpaired) electrons. The molecule has 2 heteroatoms. The second kappa shape index (κ2) is 14.6. The van der Waals surface area contributed by atoms with E-state index in [1.807, 2.05) is 12.2 Å². The highest BCUT2D eigenvalue weighted by Gasteiger charge is 2.30. The number of allylic oxidation sites excluding steroid dienone is 9. The topological polar surface area (TPSA) is 24.1 Å². The predicted octanol–water partition coefficient (Wildman–Crippen LogP) is 11.0. The fraction of sp³-hybridized carbons (Fsp3) is 0.234. The lowest BCUT2D eigenvalue weighted by atomic mass is 9.71. The van der Waals surface area contributed by atoms with Crippen LogP contribution in [-0.2, 0) is 5.41 Å². The van der Waals surface area contributed by atoms with Gasteiger partial charge in [0.2, 0.25) is 0 Å². The van der Waals surface area contributed by atoms with Gasteiger partial charge in [0.05, 0.1) is 0 Å². The number of fused-ring (bicyclic) bond motifs is 3. The van der Waals surface area contributed by atoms with Crippen molar-refractivity contribution in [3.05, 3.63) is 168 Å². The molecule has 0 aliphatic heterocycles. The Balaban J connectivity index is 1.54. The minimum atomic E-state index is -0.0535. The highest BCUT2D eigenvalue weighted by atomic mass is 14.9. The third kappa shape index (κ3) is 7.50. The molecule has 2 nitrogen and oxygen atoms in total. The molecule has 0 aromatic heterocycles. The van der Waals surface area contributed by atoms with Crippen LogP contribution in [0.2, 0.25) is 0 Å². The smallest absolute Gasteiger partial charge is 0.0464 e. The van der Waals surface area contributed by atoms with Gasteiger partial charge in [-0.1, -0.05) is 114 Å². The average molecular weight is 643 g/mol. The number of nitrogens with one attached hydrogen (secondary N) is 2. The van der Waals surface area contributed by atoms with Crippen molar-refractivity contribution in [1.82, 2.24) is 5.32 Å². The van der Waals surface area contributed by atoms with Gasteiger partial charge in [0, 0.05) is 28.0 Å².